The van der Waals surface area contributed by atoms with Crippen molar-refractivity contribution in [1.29, 1.82) is 0 Å². The third-order valence-corrected chi connectivity index (χ3v) is 4.26. The molecule has 28 heavy (non-hydrogen) atoms. The van der Waals surface area contributed by atoms with Crippen LogP contribution in [0.1, 0.15) is 52.6 Å². The van der Waals surface area contributed by atoms with Crippen molar-refractivity contribution < 1.29 is 23.9 Å². The fraction of sp³-hybridized carbons (Fsp3) is 0.182. The van der Waals surface area contributed by atoms with Crippen LogP contribution >= 0.6 is 0 Å². The largest absolute Gasteiger partial charge is 0.449 e. The molecule has 3 rings (SSSR count). The van der Waals surface area contributed by atoms with E-state index >= 15 is 0 Å². The van der Waals surface area contributed by atoms with E-state index in [-0.39, 0.29) is 17.1 Å². The number of ketones is 2. The van der Waals surface area contributed by atoms with E-state index in [4.69, 9.17) is 4.74 Å². The second kappa shape index (κ2) is 7.60. The first-order valence-electron chi connectivity index (χ1n) is 8.77. The lowest BCUT2D eigenvalue weighted by molar-refractivity contribution is -0.148. The summed E-state index contributed by atoms with van der Waals surface area (Å²) in [5.74, 6) is -1.65. The van der Waals surface area contributed by atoms with Crippen LogP contribution < -0.4 is 5.32 Å². The van der Waals surface area contributed by atoms with Crippen molar-refractivity contribution in [2.45, 2.75) is 26.9 Å². The summed E-state index contributed by atoms with van der Waals surface area (Å²) in [7, 11) is 0. The number of benzene rings is 2. The molecule has 1 amide bonds. The van der Waals surface area contributed by atoms with Gasteiger partial charge < -0.3 is 10.1 Å². The maximum atomic E-state index is 12.7. The summed E-state index contributed by atoms with van der Waals surface area (Å²) in [5.41, 5.74) is 2.34. The standard InChI is InChI=1S/C22H19NO5/c1-12(2)10-19(24)28-13(3)22(27)23-14-8-9-17-18(11-14)21(26)16-7-5-4-6-15(16)20(17)25/h4-11,13H,1-3H3,(H,23,27)/t13-/m0/s1. The lowest BCUT2D eigenvalue weighted by Gasteiger charge is -2.18. The number of anilines is 1. The highest BCUT2D eigenvalue weighted by atomic mass is 16.5. The lowest BCUT2D eigenvalue weighted by atomic mass is 9.84. The SMILES string of the molecule is CC(C)=CC(=O)O[C@@H](C)C(=O)Nc1ccc2c(c1)C(=O)c1ccccc1C2=O. The Bertz CT molecular complexity index is 1030. The van der Waals surface area contributed by atoms with Crippen LogP contribution in [-0.2, 0) is 14.3 Å². The Morgan fingerprint density at radius 1 is 0.929 bits per heavy atom. The molecule has 1 aliphatic rings. The molecule has 142 valence electrons. The van der Waals surface area contributed by atoms with Crippen LogP contribution in [-0.4, -0.2) is 29.5 Å². The van der Waals surface area contributed by atoms with Crippen molar-refractivity contribution in [2.24, 2.45) is 0 Å². The minimum absolute atomic E-state index is 0.230. The van der Waals surface area contributed by atoms with Crippen LogP contribution in [0.25, 0.3) is 0 Å². The van der Waals surface area contributed by atoms with Gasteiger partial charge in [0.05, 0.1) is 0 Å². The molecule has 0 unspecified atom stereocenters. The fourth-order valence-electron chi connectivity index (χ4n) is 2.92. The summed E-state index contributed by atoms with van der Waals surface area (Å²) in [5, 5.41) is 2.61. The summed E-state index contributed by atoms with van der Waals surface area (Å²) in [4.78, 5) is 49.3. The second-order valence-electron chi connectivity index (χ2n) is 6.75. The van der Waals surface area contributed by atoms with E-state index in [0.29, 0.717) is 22.4 Å². The maximum Gasteiger partial charge on any atom is 0.331 e. The first-order valence-corrected chi connectivity index (χ1v) is 8.77. The molecule has 2 aromatic carbocycles. The van der Waals surface area contributed by atoms with Crippen molar-refractivity contribution in [3.63, 3.8) is 0 Å². The number of fused-ring (bicyclic) bond motifs is 2. The summed E-state index contributed by atoms with van der Waals surface area (Å²) in [6, 6.07) is 11.2. The summed E-state index contributed by atoms with van der Waals surface area (Å²) in [6.45, 7) is 4.94. The molecule has 1 atom stereocenters. The van der Waals surface area contributed by atoms with Gasteiger partial charge in [0.25, 0.3) is 5.91 Å². The van der Waals surface area contributed by atoms with E-state index in [9.17, 15) is 19.2 Å². The minimum Gasteiger partial charge on any atom is -0.449 e. The first-order chi connectivity index (χ1) is 13.3. The van der Waals surface area contributed by atoms with E-state index in [1.54, 1.807) is 44.2 Å². The van der Waals surface area contributed by atoms with Crippen LogP contribution in [0.2, 0.25) is 0 Å². The van der Waals surface area contributed by atoms with Gasteiger partial charge in [-0.1, -0.05) is 29.8 Å². The number of carbonyl (C=O) groups excluding carboxylic acids is 4. The zero-order chi connectivity index (χ0) is 20.4. The highest BCUT2D eigenvalue weighted by Gasteiger charge is 2.29. The zero-order valence-corrected chi connectivity index (χ0v) is 15.7. The monoisotopic (exact) mass is 377 g/mol. The van der Waals surface area contributed by atoms with E-state index in [0.717, 1.165) is 5.57 Å². The van der Waals surface area contributed by atoms with E-state index < -0.39 is 18.0 Å². The molecule has 6 nitrogen and oxygen atoms in total. The highest BCUT2D eigenvalue weighted by Crippen LogP contribution is 2.29. The fourth-order valence-corrected chi connectivity index (χ4v) is 2.92. The third kappa shape index (κ3) is 3.76. The van der Waals surface area contributed by atoms with Gasteiger partial charge in [-0.05, 0) is 39.0 Å². The Morgan fingerprint density at radius 3 is 2.11 bits per heavy atom. The van der Waals surface area contributed by atoms with Crippen LogP contribution in [0, 0.1) is 0 Å². The number of hydrogen-bond acceptors (Lipinski definition) is 5. The number of amides is 1. The first kappa shape index (κ1) is 19.2. The minimum atomic E-state index is -1.02. The average Bonchev–Trinajstić information content (AvgIpc) is 2.65. The molecule has 0 saturated heterocycles. The van der Waals surface area contributed by atoms with Gasteiger partial charge in [-0.25, -0.2) is 4.79 Å². The van der Waals surface area contributed by atoms with E-state index in [1.165, 1.54) is 25.1 Å². The molecule has 0 heterocycles. The summed E-state index contributed by atoms with van der Waals surface area (Å²) in [6.07, 6.45) is 0.280. The summed E-state index contributed by atoms with van der Waals surface area (Å²) < 4.78 is 5.04. The van der Waals surface area contributed by atoms with Gasteiger partial charge in [0.1, 0.15) is 0 Å². The molecule has 1 N–H and O–H groups in total. The molecular weight excluding hydrogens is 358 g/mol. The topological polar surface area (TPSA) is 89.5 Å². The number of carbonyl (C=O) groups is 4. The molecule has 0 fully saturated rings. The molecular formula is C22H19NO5. The molecule has 0 radical (unpaired) electrons. The van der Waals surface area contributed by atoms with E-state index in [2.05, 4.69) is 5.32 Å². The van der Waals surface area contributed by atoms with Crippen LogP contribution in [0.3, 0.4) is 0 Å². The van der Waals surface area contributed by atoms with Gasteiger partial charge >= 0.3 is 5.97 Å². The van der Waals surface area contributed by atoms with Crippen LogP contribution in [0.4, 0.5) is 5.69 Å². The predicted molar refractivity (Wildman–Crippen MR) is 103 cm³/mol. The highest BCUT2D eigenvalue weighted by molar-refractivity contribution is 6.28. The summed E-state index contributed by atoms with van der Waals surface area (Å²) >= 11 is 0. The van der Waals surface area contributed by atoms with Crippen LogP contribution in [0.15, 0.2) is 54.1 Å². The number of hydrogen-bond donors (Lipinski definition) is 1. The van der Waals surface area contributed by atoms with Gasteiger partial charge in [0, 0.05) is 34.0 Å². The molecule has 0 aromatic heterocycles. The number of ether oxygens (including phenoxy) is 1. The molecule has 0 saturated carbocycles. The second-order valence-corrected chi connectivity index (χ2v) is 6.75. The van der Waals surface area contributed by atoms with Crippen molar-refractivity contribution in [2.75, 3.05) is 5.32 Å². The van der Waals surface area contributed by atoms with Crippen molar-refractivity contribution in [1.82, 2.24) is 0 Å². The Balaban J connectivity index is 1.80. The maximum absolute atomic E-state index is 12.7. The van der Waals surface area contributed by atoms with Gasteiger partial charge in [-0.15, -0.1) is 0 Å². The van der Waals surface area contributed by atoms with Gasteiger partial charge in [0.15, 0.2) is 17.7 Å². The van der Waals surface area contributed by atoms with Gasteiger partial charge in [-0.3, -0.25) is 14.4 Å². The van der Waals surface area contributed by atoms with Crippen molar-refractivity contribution in [3.8, 4) is 0 Å². The van der Waals surface area contributed by atoms with Crippen molar-refractivity contribution >= 4 is 29.1 Å². The van der Waals surface area contributed by atoms with Crippen molar-refractivity contribution in [3.05, 3.63) is 76.4 Å². The molecule has 0 bridgehead atoms. The average molecular weight is 377 g/mol. The smallest absolute Gasteiger partial charge is 0.331 e. The zero-order valence-electron chi connectivity index (χ0n) is 15.7. The Hall–Kier alpha value is -3.54. The van der Waals surface area contributed by atoms with Gasteiger partial charge in [0.2, 0.25) is 0 Å². The normalized spacial score (nSPS) is 13.1. The number of nitrogens with one attached hydrogen (secondary N) is 1. The predicted octanol–water partition coefficient (Wildman–Crippen LogP) is 3.30. The number of rotatable bonds is 4. The molecule has 6 heteroatoms. The Morgan fingerprint density at radius 2 is 1.50 bits per heavy atom. The molecule has 2 aromatic rings. The third-order valence-electron chi connectivity index (χ3n) is 4.26. The lowest BCUT2D eigenvalue weighted by Crippen LogP contribution is -2.30. The number of allylic oxidation sites excluding steroid dienone is 1. The number of esters is 1. The van der Waals surface area contributed by atoms with Gasteiger partial charge in [-0.2, -0.15) is 0 Å². The van der Waals surface area contributed by atoms with E-state index in [1.807, 2.05) is 0 Å². The molecule has 0 aliphatic heterocycles. The quantitative estimate of drug-likeness (QED) is 0.557. The van der Waals surface area contributed by atoms with Crippen LogP contribution in [0.5, 0.6) is 0 Å². The molecule has 1 aliphatic carbocycles. The molecule has 0 spiro atoms. The Kier molecular flexibility index (Phi) is 5.22. The Labute approximate surface area is 162 Å².